The van der Waals surface area contributed by atoms with Crippen molar-refractivity contribution in [1.29, 1.82) is 0 Å². The SMILES string of the molecule is O=C(NCc1ccc2c(c1)OCO2)c1ccc(Oc2ccccc2)cc1. The number of ether oxygens (including phenoxy) is 3. The number of hydrogen-bond acceptors (Lipinski definition) is 4. The first kappa shape index (κ1) is 16.0. The van der Waals surface area contributed by atoms with Gasteiger partial charge in [0.15, 0.2) is 11.5 Å². The van der Waals surface area contributed by atoms with Crippen LogP contribution in [-0.4, -0.2) is 12.7 Å². The number of amides is 1. The third kappa shape index (κ3) is 3.62. The fourth-order valence-electron chi connectivity index (χ4n) is 2.63. The first-order valence-electron chi connectivity index (χ1n) is 8.28. The largest absolute Gasteiger partial charge is 0.457 e. The van der Waals surface area contributed by atoms with Crippen LogP contribution in [0, 0.1) is 0 Å². The molecule has 0 unspecified atom stereocenters. The number of benzene rings is 3. The van der Waals surface area contributed by atoms with Crippen LogP contribution in [-0.2, 0) is 6.54 Å². The van der Waals surface area contributed by atoms with Gasteiger partial charge in [-0.05, 0) is 54.1 Å². The standard InChI is InChI=1S/C21H17NO4/c23-21(22-13-15-6-11-19-20(12-15)25-14-24-19)16-7-9-18(10-8-16)26-17-4-2-1-3-5-17/h1-12H,13-14H2,(H,22,23). The van der Waals surface area contributed by atoms with Gasteiger partial charge in [-0.2, -0.15) is 0 Å². The molecule has 1 aliphatic heterocycles. The van der Waals surface area contributed by atoms with Gasteiger partial charge in [-0.25, -0.2) is 0 Å². The Labute approximate surface area is 151 Å². The third-order valence-electron chi connectivity index (χ3n) is 3.99. The molecule has 3 aromatic carbocycles. The number of rotatable bonds is 5. The Balaban J connectivity index is 1.36. The molecule has 26 heavy (non-hydrogen) atoms. The average molecular weight is 347 g/mol. The van der Waals surface area contributed by atoms with Crippen LogP contribution in [0.2, 0.25) is 0 Å². The molecule has 1 heterocycles. The van der Waals surface area contributed by atoms with Gasteiger partial charge in [-0.3, -0.25) is 4.79 Å². The van der Waals surface area contributed by atoms with E-state index in [1.54, 1.807) is 24.3 Å². The highest BCUT2D eigenvalue weighted by Gasteiger charge is 2.13. The minimum Gasteiger partial charge on any atom is -0.457 e. The molecule has 0 fully saturated rings. The van der Waals surface area contributed by atoms with Gasteiger partial charge >= 0.3 is 0 Å². The maximum atomic E-state index is 12.3. The molecule has 0 saturated carbocycles. The zero-order valence-electron chi connectivity index (χ0n) is 14.0. The van der Waals surface area contributed by atoms with Gasteiger partial charge in [0.2, 0.25) is 6.79 Å². The molecule has 1 aliphatic rings. The number of carbonyl (C=O) groups excluding carboxylic acids is 1. The summed E-state index contributed by atoms with van der Waals surface area (Å²) in [5.74, 6) is 2.73. The van der Waals surface area contributed by atoms with Crippen molar-refractivity contribution in [2.45, 2.75) is 6.54 Å². The highest BCUT2D eigenvalue weighted by Crippen LogP contribution is 2.32. The van der Waals surface area contributed by atoms with E-state index in [-0.39, 0.29) is 12.7 Å². The molecule has 3 aromatic rings. The lowest BCUT2D eigenvalue weighted by Gasteiger charge is -2.08. The summed E-state index contributed by atoms with van der Waals surface area (Å²) < 4.78 is 16.4. The van der Waals surface area contributed by atoms with Crippen LogP contribution in [0.3, 0.4) is 0 Å². The van der Waals surface area contributed by atoms with E-state index in [2.05, 4.69) is 5.32 Å². The van der Waals surface area contributed by atoms with Gasteiger partial charge in [0.1, 0.15) is 11.5 Å². The molecule has 0 atom stereocenters. The Morgan fingerprint density at radius 3 is 2.42 bits per heavy atom. The lowest BCUT2D eigenvalue weighted by atomic mass is 10.1. The topological polar surface area (TPSA) is 56.8 Å². The van der Waals surface area contributed by atoms with Crippen LogP contribution < -0.4 is 19.5 Å². The van der Waals surface area contributed by atoms with E-state index < -0.39 is 0 Å². The molecular weight excluding hydrogens is 330 g/mol. The molecule has 0 aromatic heterocycles. The van der Waals surface area contributed by atoms with E-state index in [0.717, 1.165) is 17.1 Å². The molecule has 1 amide bonds. The van der Waals surface area contributed by atoms with Gasteiger partial charge in [-0.15, -0.1) is 0 Å². The zero-order valence-corrected chi connectivity index (χ0v) is 14.0. The van der Waals surface area contributed by atoms with E-state index in [1.165, 1.54) is 0 Å². The van der Waals surface area contributed by atoms with Crippen LogP contribution in [0.5, 0.6) is 23.0 Å². The summed E-state index contributed by atoms with van der Waals surface area (Å²) in [6.07, 6.45) is 0. The average Bonchev–Trinajstić information content (AvgIpc) is 3.15. The minimum atomic E-state index is -0.145. The quantitative estimate of drug-likeness (QED) is 0.754. The second kappa shape index (κ2) is 7.19. The lowest BCUT2D eigenvalue weighted by Crippen LogP contribution is -2.22. The fraction of sp³-hybridized carbons (Fsp3) is 0.0952. The van der Waals surface area contributed by atoms with Gasteiger partial charge in [-0.1, -0.05) is 24.3 Å². The summed E-state index contributed by atoms with van der Waals surface area (Å²) in [5.41, 5.74) is 1.53. The number of carbonyl (C=O) groups is 1. The van der Waals surface area contributed by atoms with Crippen molar-refractivity contribution < 1.29 is 19.0 Å². The molecular formula is C21H17NO4. The molecule has 4 rings (SSSR count). The smallest absolute Gasteiger partial charge is 0.251 e. The summed E-state index contributed by atoms with van der Waals surface area (Å²) in [6, 6.07) is 22.2. The van der Waals surface area contributed by atoms with Crippen LogP contribution in [0.4, 0.5) is 0 Å². The Hall–Kier alpha value is -3.47. The highest BCUT2D eigenvalue weighted by molar-refractivity contribution is 5.94. The number of hydrogen-bond donors (Lipinski definition) is 1. The summed E-state index contributed by atoms with van der Waals surface area (Å²) >= 11 is 0. The van der Waals surface area contributed by atoms with E-state index in [1.807, 2.05) is 48.5 Å². The number of nitrogens with one attached hydrogen (secondary N) is 1. The van der Waals surface area contributed by atoms with Gasteiger partial charge in [0, 0.05) is 12.1 Å². The summed E-state index contributed by atoms with van der Waals surface area (Å²) in [4.78, 5) is 12.3. The highest BCUT2D eigenvalue weighted by atomic mass is 16.7. The molecule has 0 bridgehead atoms. The van der Waals surface area contributed by atoms with Crippen molar-refractivity contribution in [3.05, 3.63) is 83.9 Å². The van der Waals surface area contributed by atoms with Crippen molar-refractivity contribution in [3.8, 4) is 23.0 Å². The van der Waals surface area contributed by atoms with Crippen LogP contribution in [0.25, 0.3) is 0 Å². The van der Waals surface area contributed by atoms with Crippen molar-refractivity contribution in [2.75, 3.05) is 6.79 Å². The predicted octanol–water partition coefficient (Wildman–Crippen LogP) is 4.14. The zero-order chi connectivity index (χ0) is 17.8. The molecule has 5 nitrogen and oxygen atoms in total. The summed E-state index contributed by atoms with van der Waals surface area (Å²) in [7, 11) is 0. The van der Waals surface area contributed by atoms with Gasteiger partial charge in [0.05, 0.1) is 0 Å². The monoisotopic (exact) mass is 347 g/mol. The van der Waals surface area contributed by atoms with Crippen molar-refractivity contribution in [1.82, 2.24) is 5.32 Å². The molecule has 0 radical (unpaired) electrons. The molecule has 5 heteroatoms. The maximum Gasteiger partial charge on any atom is 0.251 e. The van der Waals surface area contributed by atoms with E-state index in [0.29, 0.717) is 23.6 Å². The van der Waals surface area contributed by atoms with E-state index in [4.69, 9.17) is 14.2 Å². The van der Waals surface area contributed by atoms with E-state index in [9.17, 15) is 4.79 Å². The van der Waals surface area contributed by atoms with Crippen molar-refractivity contribution in [2.24, 2.45) is 0 Å². The normalized spacial score (nSPS) is 11.8. The summed E-state index contributed by atoms with van der Waals surface area (Å²) in [6.45, 7) is 0.653. The Bertz CT molecular complexity index is 907. The number of para-hydroxylation sites is 1. The predicted molar refractivity (Wildman–Crippen MR) is 96.7 cm³/mol. The Morgan fingerprint density at radius 2 is 1.62 bits per heavy atom. The fourth-order valence-corrected chi connectivity index (χ4v) is 2.63. The van der Waals surface area contributed by atoms with Crippen LogP contribution in [0.1, 0.15) is 15.9 Å². The van der Waals surface area contributed by atoms with E-state index >= 15 is 0 Å². The molecule has 0 saturated heterocycles. The molecule has 130 valence electrons. The lowest BCUT2D eigenvalue weighted by molar-refractivity contribution is 0.0951. The van der Waals surface area contributed by atoms with Crippen LogP contribution in [0.15, 0.2) is 72.8 Å². The maximum absolute atomic E-state index is 12.3. The van der Waals surface area contributed by atoms with Crippen LogP contribution >= 0.6 is 0 Å². The first-order chi connectivity index (χ1) is 12.8. The second-order valence-corrected chi connectivity index (χ2v) is 5.81. The van der Waals surface area contributed by atoms with Gasteiger partial charge < -0.3 is 19.5 Å². The number of fused-ring (bicyclic) bond motifs is 1. The Morgan fingerprint density at radius 1 is 0.885 bits per heavy atom. The van der Waals surface area contributed by atoms with Crippen molar-refractivity contribution in [3.63, 3.8) is 0 Å². The second-order valence-electron chi connectivity index (χ2n) is 5.81. The van der Waals surface area contributed by atoms with Gasteiger partial charge in [0.25, 0.3) is 5.91 Å². The third-order valence-corrected chi connectivity index (χ3v) is 3.99. The first-order valence-corrected chi connectivity index (χ1v) is 8.28. The molecule has 0 spiro atoms. The minimum absolute atomic E-state index is 0.145. The summed E-state index contributed by atoms with van der Waals surface area (Å²) in [5, 5.41) is 2.90. The molecule has 0 aliphatic carbocycles. The Kier molecular flexibility index (Phi) is 4.43. The van der Waals surface area contributed by atoms with Crippen molar-refractivity contribution >= 4 is 5.91 Å². The molecule has 1 N–H and O–H groups in total.